The van der Waals surface area contributed by atoms with Gasteiger partial charge in [-0.15, -0.1) is 0 Å². The fourth-order valence-electron chi connectivity index (χ4n) is 3.07. The number of carbonyl (C=O) groups is 1. The van der Waals surface area contributed by atoms with Crippen molar-refractivity contribution in [2.45, 2.75) is 18.4 Å². The molecule has 0 radical (unpaired) electrons. The van der Waals surface area contributed by atoms with E-state index in [2.05, 4.69) is 5.32 Å². The summed E-state index contributed by atoms with van der Waals surface area (Å²) in [5.41, 5.74) is 1.95. The van der Waals surface area contributed by atoms with Gasteiger partial charge in [0.2, 0.25) is 10.0 Å². The number of methoxy groups -OCH3 is 1. The number of nitrogens with zero attached hydrogens (tertiary/aromatic N) is 1. The number of anilines is 1. The van der Waals surface area contributed by atoms with Crippen LogP contribution in [0.4, 0.5) is 10.1 Å². The van der Waals surface area contributed by atoms with Crippen molar-refractivity contribution in [2.24, 2.45) is 0 Å². The fraction of sp³-hybridized carbons (Fsp3) is 0.174. The van der Waals surface area contributed by atoms with Gasteiger partial charge in [-0.3, -0.25) is 4.79 Å². The van der Waals surface area contributed by atoms with E-state index in [9.17, 15) is 17.6 Å². The van der Waals surface area contributed by atoms with Gasteiger partial charge in [0, 0.05) is 24.8 Å². The maximum Gasteiger partial charge on any atom is 0.255 e. The molecule has 1 amide bonds. The molecule has 0 atom stereocenters. The molecule has 0 heterocycles. The molecule has 0 unspecified atom stereocenters. The average molecular weight is 443 g/mol. The maximum atomic E-state index is 13.3. The number of carbonyl (C=O) groups excluding carboxylic acids is 1. The SMILES string of the molecule is COc1ccc(C(=O)Nc2ccc(F)cc2C)cc1S(=O)(=O)N(C)Cc1ccccc1. The summed E-state index contributed by atoms with van der Waals surface area (Å²) in [5.74, 6) is -0.788. The van der Waals surface area contributed by atoms with Gasteiger partial charge in [-0.1, -0.05) is 30.3 Å². The van der Waals surface area contributed by atoms with Crippen LogP contribution < -0.4 is 10.1 Å². The van der Waals surface area contributed by atoms with Crippen LogP contribution in [0.1, 0.15) is 21.5 Å². The number of benzene rings is 3. The summed E-state index contributed by atoms with van der Waals surface area (Å²) in [6.07, 6.45) is 0. The number of halogens is 1. The zero-order chi connectivity index (χ0) is 22.6. The van der Waals surface area contributed by atoms with Gasteiger partial charge in [-0.25, -0.2) is 12.8 Å². The molecule has 0 saturated carbocycles. The lowest BCUT2D eigenvalue weighted by atomic mass is 10.1. The highest BCUT2D eigenvalue weighted by Gasteiger charge is 2.26. The largest absolute Gasteiger partial charge is 0.495 e. The third-order valence-electron chi connectivity index (χ3n) is 4.80. The minimum Gasteiger partial charge on any atom is -0.495 e. The topological polar surface area (TPSA) is 75.7 Å². The molecular weight excluding hydrogens is 419 g/mol. The average Bonchev–Trinajstić information content (AvgIpc) is 2.75. The zero-order valence-corrected chi connectivity index (χ0v) is 18.2. The van der Waals surface area contributed by atoms with Crippen LogP contribution in [0.3, 0.4) is 0 Å². The number of rotatable bonds is 7. The van der Waals surface area contributed by atoms with E-state index in [0.717, 1.165) is 5.56 Å². The van der Waals surface area contributed by atoms with Crippen molar-refractivity contribution in [3.8, 4) is 5.75 Å². The Bertz CT molecular complexity index is 1200. The van der Waals surface area contributed by atoms with Crippen molar-refractivity contribution in [3.63, 3.8) is 0 Å². The van der Waals surface area contributed by atoms with Gasteiger partial charge in [-0.2, -0.15) is 4.31 Å². The van der Waals surface area contributed by atoms with Gasteiger partial charge in [0.05, 0.1) is 7.11 Å². The van der Waals surface area contributed by atoms with E-state index in [0.29, 0.717) is 11.3 Å². The normalized spacial score (nSPS) is 11.4. The number of hydrogen-bond acceptors (Lipinski definition) is 4. The lowest BCUT2D eigenvalue weighted by molar-refractivity contribution is 0.102. The van der Waals surface area contributed by atoms with Crippen LogP contribution in [0.5, 0.6) is 5.75 Å². The number of amides is 1. The molecule has 0 aliphatic heterocycles. The summed E-state index contributed by atoms with van der Waals surface area (Å²) in [4.78, 5) is 12.6. The standard InChI is InChI=1S/C23H23FN2O4S/c1-16-13-19(24)10-11-20(16)25-23(27)18-9-12-21(30-3)22(14-18)31(28,29)26(2)15-17-7-5-4-6-8-17/h4-14H,15H2,1-3H3,(H,25,27). The van der Waals surface area contributed by atoms with E-state index in [1.54, 1.807) is 6.92 Å². The predicted octanol–water partition coefficient (Wildman–Crippen LogP) is 4.22. The minimum absolute atomic E-state index is 0.114. The first-order valence-electron chi connectivity index (χ1n) is 9.48. The molecule has 0 bridgehead atoms. The van der Waals surface area contributed by atoms with Crippen LogP contribution in [-0.4, -0.2) is 32.8 Å². The number of nitrogens with one attached hydrogen (secondary N) is 1. The quantitative estimate of drug-likeness (QED) is 0.595. The number of ether oxygens (including phenoxy) is 1. The van der Waals surface area contributed by atoms with Gasteiger partial charge >= 0.3 is 0 Å². The van der Waals surface area contributed by atoms with Crippen molar-refractivity contribution in [2.75, 3.05) is 19.5 Å². The number of hydrogen-bond donors (Lipinski definition) is 1. The van der Waals surface area contributed by atoms with Crippen LogP contribution in [0.25, 0.3) is 0 Å². The Balaban J connectivity index is 1.91. The van der Waals surface area contributed by atoms with Crippen LogP contribution >= 0.6 is 0 Å². The first-order chi connectivity index (χ1) is 14.7. The van der Waals surface area contributed by atoms with E-state index in [1.165, 1.54) is 54.9 Å². The minimum atomic E-state index is -3.94. The van der Waals surface area contributed by atoms with E-state index >= 15 is 0 Å². The Morgan fingerprint density at radius 2 is 1.77 bits per heavy atom. The molecule has 0 aromatic heterocycles. The molecule has 6 nitrogen and oxygen atoms in total. The van der Waals surface area contributed by atoms with E-state index in [4.69, 9.17) is 4.74 Å². The summed E-state index contributed by atoms with van der Waals surface area (Å²) < 4.78 is 46.2. The lowest BCUT2D eigenvalue weighted by Crippen LogP contribution is -2.27. The first-order valence-corrected chi connectivity index (χ1v) is 10.9. The first kappa shape index (κ1) is 22.5. The van der Waals surface area contributed by atoms with Gasteiger partial charge < -0.3 is 10.1 Å². The molecular formula is C23H23FN2O4S. The van der Waals surface area contributed by atoms with Crippen molar-refractivity contribution < 1.29 is 22.3 Å². The van der Waals surface area contributed by atoms with E-state index < -0.39 is 21.7 Å². The smallest absolute Gasteiger partial charge is 0.255 e. The van der Waals surface area contributed by atoms with Crippen molar-refractivity contribution in [1.29, 1.82) is 0 Å². The number of sulfonamides is 1. The van der Waals surface area contributed by atoms with Crippen LogP contribution in [0.15, 0.2) is 71.6 Å². The molecule has 0 fully saturated rings. The van der Waals surface area contributed by atoms with Gasteiger partial charge in [0.25, 0.3) is 5.91 Å². The van der Waals surface area contributed by atoms with Crippen LogP contribution in [0.2, 0.25) is 0 Å². The Labute approximate surface area is 181 Å². The van der Waals surface area contributed by atoms with Crippen molar-refractivity contribution in [1.82, 2.24) is 4.31 Å². The molecule has 0 aliphatic carbocycles. The Kier molecular flexibility index (Phi) is 6.72. The lowest BCUT2D eigenvalue weighted by Gasteiger charge is -2.19. The second-order valence-electron chi connectivity index (χ2n) is 7.03. The van der Waals surface area contributed by atoms with E-state index in [1.807, 2.05) is 30.3 Å². The Hall–Kier alpha value is -3.23. The third kappa shape index (κ3) is 5.10. The molecule has 162 valence electrons. The molecule has 3 rings (SSSR count). The highest BCUT2D eigenvalue weighted by atomic mass is 32.2. The maximum absolute atomic E-state index is 13.3. The highest BCUT2D eigenvalue weighted by Crippen LogP contribution is 2.29. The Morgan fingerprint density at radius 3 is 2.42 bits per heavy atom. The highest BCUT2D eigenvalue weighted by molar-refractivity contribution is 7.89. The summed E-state index contributed by atoms with van der Waals surface area (Å²) in [6, 6.07) is 17.4. The summed E-state index contributed by atoms with van der Waals surface area (Å²) in [6.45, 7) is 1.83. The predicted molar refractivity (Wildman–Crippen MR) is 117 cm³/mol. The molecule has 31 heavy (non-hydrogen) atoms. The molecule has 1 N–H and O–H groups in total. The van der Waals surface area contributed by atoms with Gasteiger partial charge in [0.15, 0.2) is 0 Å². The summed E-state index contributed by atoms with van der Waals surface area (Å²) in [5, 5.41) is 2.68. The molecule has 0 saturated heterocycles. The zero-order valence-electron chi connectivity index (χ0n) is 17.4. The van der Waals surface area contributed by atoms with E-state index in [-0.39, 0.29) is 22.8 Å². The van der Waals surface area contributed by atoms with Gasteiger partial charge in [0.1, 0.15) is 16.5 Å². The van der Waals surface area contributed by atoms with Crippen LogP contribution in [-0.2, 0) is 16.6 Å². The summed E-state index contributed by atoms with van der Waals surface area (Å²) in [7, 11) is -1.11. The summed E-state index contributed by atoms with van der Waals surface area (Å²) >= 11 is 0. The fourth-order valence-corrected chi connectivity index (χ4v) is 4.41. The molecule has 8 heteroatoms. The van der Waals surface area contributed by atoms with Crippen molar-refractivity contribution >= 4 is 21.6 Å². The monoisotopic (exact) mass is 442 g/mol. The molecule has 0 spiro atoms. The molecule has 0 aliphatic rings. The second kappa shape index (κ2) is 9.28. The van der Waals surface area contributed by atoms with Gasteiger partial charge in [-0.05, 0) is 54.4 Å². The van der Waals surface area contributed by atoms with Crippen molar-refractivity contribution in [3.05, 3.63) is 89.2 Å². The molecule has 3 aromatic carbocycles. The second-order valence-corrected chi connectivity index (χ2v) is 9.04. The van der Waals surface area contributed by atoms with Crippen LogP contribution in [0, 0.1) is 12.7 Å². The third-order valence-corrected chi connectivity index (χ3v) is 6.62. The molecule has 3 aromatic rings. The number of aryl methyl sites for hydroxylation is 1. The Morgan fingerprint density at radius 1 is 1.06 bits per heavy atom.